The van der Waals surface area contributed by atoms with Crippen LogP contribution < -0.4 is 0 Å². The van der Waals surface area contributed by atoms with Crippen LogP contribution in [-0.4, -0.2) is 23.4 Å². The third-order valence-electron chi connectivity index (χ3n) is 8.08. The molecule has 0 bridgehead atoms. The fraction of sp³-hybridized carbons (Fsp3) is 0.900. The Morgan fingerprint density at radius 2 is 1.95 bits per heavy atom. The molecule has 1 N–H and O–H groups in total. The quantitative estimate of drug-likeness (QED) is 0.602. The zero-order valence-corrected chi connectivity index (χ0v) is 15.1. The molecule has 6 atom stereocenters. The lowest BCUT2D eigenvalue weighted by Crippen LogP contribution is -2.56. The van der Waals surface area contributed by atoms with E-state index >= 15 is 0 Å². The van der Waals surface area contributed by atoms with Crippen LogP contribution in [0.25, 0.3) is 0 Å². The number of aliphatic hydroxyl groups excluding tert-OH is 1. The molecule has 0 aromatic rings. The van der Waals surface area contributed by atoms with Gasteiger partial charge in [-0.2, -0.15) is 0 Å². The molecule has 3 fully saturated rings. The minimum Gasteiger partial charge on any atom is -0.392 e. The highest BCUT2D eigenvalue weighted by molar-refractivity contribution is 5.20. The molecular weight excluding hydrogens is 272 g/mol. The lowest BCUT2D eigenvalue weighted by Gasteiger charge is -2.59. The van der Waals surface area contributed by atoms with E-state index in [-0.39, 0.29) is 12.2 Å². The van der Waals surface area contributed by atoms with Gasteiger partial charge in [-0.25, -0.2) is 0 Å². The molecule has 2 heteroatoms. The molecule has 0 unspecified atom stereocenters. The van der Waals surface area contributed by atoms with Gasteiger partial charge in [0.15, 0.2) is 0 Å². The van der Waals surface area contributed by atoms with Gasteiger partial charge in [-0.05, 0) is 69.6 Å². The van der Waals surface area contributed by atoms with Gasteiger partial charge in [0, 0.05) is 5.41 Å². The number of hydrogen-bond acceptors (Lipinski definition) is 2. The van der Waals surface area contributed by atoms with Crippen LogP contribution in [0.4, 0.5) is 0 Å². The van der Waals surface area contributed by atoms with Crippen molar-refractivity contribution < 1.29 is 9.84 Å². The molecule has 3 rings (SSSR count). The largest absolute Gasteiger partial charge is 0.392 e. The van der Waals surface area contributed by atoms with Crippen LogP contribution in [0.1, 0.15) is 73.1 Å². The van der Waals surface area contributed by atoms with Crippen molar-refractivity contribution >= 4 is 0 Å². The van der Waals surface area contributed by atoms with Crippen LogP contribution in [0.5, 0.6) is 0 Å². The minimum absolute atomic E-state index is 0.146. The van der Waals surface area contributed by atoms with E-state index in [1.165, 1.54) is 37.7 Å². The predicted octanol–water partition coefficient (Wildman–Crippen LogP) is 4.72. The maximum Gasteiger partial charge on any atom is 0.0976 e. The van der Waals surface area contributed by atoms with E-state index in [9.17, 15) is 0 Å². The van der Waals surface area contributed by atoms with Crippen molar-refractivity contribution in [3.63, 3.8) is 0 Å². The van der Waals surface area contributed by atoms with Gasteiger partial charge in [-0.15, -0.1) is 0 Å². The van der Waals surface area contributed by atoms with Crippen LogP contribution in [0, 0.1) is 22.7 Å². The fourth-order valence-corrected chi connectivity index (χ4v) is 5.90. The van der Waals surface area contributed by atoms with Crippen molar-refractivity contribution in [3.05, 3.63) is 11.6 Å². The number of hydrogen-bond donors (Lipinski definition) is 1. The maximum atomic E-state index is 9.10. The second kappa shape index (κ2) is 5.34. The molecule has 2 aliphatic carbocycles. The van der Waals surface area contributed by atoms with Gasteiger partial charge in [0.25, 0.3) is 0 Å². The van der Waals surface area contributed by atoms with E-state index in [1.54, 1.807) is 0 Å². The highest BCUT2D eigenvalue weighted by Crippen LogP contribution is 2.70. The van der Waals surface area contributed by atoms with E-state index in [4.69, 9.17) is 9.84 Å². The molecule has 0 aromatic heterocycles. The number of rotatable bonds is 4. The first-order valence-electron chi connectivity index (χ1n) is 9.22. The zero-order valence-electron chi connectivity index (χ0n) is 15.1. The molecule has 0 spiro atoms. The number of aliphatic hydroxyl groups is 1. The summed E-state index contributed by atoms with van der Waals surface area (Å²) < 4.78 is 6.19. The van der Waals surface area contributed by atoms with Gasteiger partial charge in [0.1, 0.15) is 0 Å². The number of epoxide rings is 1. The Labute approximate surface area is 136 Å². The SMILES string of the molecule is C/C(=C\CO)CC[C@@]1(C)[C@H](C)CC[C@]2(C)[C@@H]1CC[C@H]1O[C@]12C. The van der Waals surface area contributed by atoms with Crippen molar-refractivity contribution in [3.8, 4) is 0 Å². The molecule has 1 saturated heterocycles. The van der Waals surface area contributed by atoms with Crippen molar-refractivity contribution in [2.24, 2.45) is 22.7 Å². The van der Waals surface area contributed by atoms with Gasteiger partial charge < -0.3 is 9.84 Å². The molecule has 0 aromatic carbocycles. The van der Waals surface area contributed by atoms with E-state index in [2.05, 4.69) is 34.6 Å². The second-order valence-electron chi connectivity index (χ2n) is 8.94. The van der Waals surface area contributed by atoms with Gasteiger partial charge in [-0.1, -0.05) is 32.4 Å². The van der Waals surface area contributed by atoms with E-state index in [0.717, 1.165) is 18.3 Å². The van der Waals surface area contributed by atoms with Crippen LogP contribution in [0.3, 0.4) is 0 Å². The molecule has 1 aliphatic heterocycles. The average molecular weight is 306 g/mol. The van der Waals surface area contributed by atoms with Gasteiger partial charge in [0.2, 0.25) is 0 Å². The third kappa shape index (κ3) is 2.21. The van der Waals surface area contributed by atoms with Crippen LogP contribution in [0.2, 0.25) is 0 Å². The van der Waals surface area contributed by atoms with E-state index < -0.39 is 0 Å². The summed E-state index contributed by atoms with van der Waals surface area (Å²) in [6.07, 6.45) is 10.1. The Bertz CT molecular complexity index is 470. The molecule has 2 saturated carbocycles. The summed E-state index contributed by atoms with van der Waals surface area (Å²) in [4.78, 5) is 0. The summed E-state index contributed by atoms with van der Waals surface area (Å²) in [6.45, 7) is 12.2. The number of allylic oxidation sites excluding steroid dienone is 1. The zero-order chi connectivity index (χ0) is 16.2. The smallest absolute Gasteiger partial charge is 0.0976 e. The Hall–Kier alpha value is -0.340. The van der Waals surface area contributed by atoms with Crippen molar-refractivity contribution in [1.82, 2.24) is 0 Å². The summed E-state index contributed by atoms with van der Waals surface area (Å²) in [5.41, 5.74) is 2.24. The molecule has 22 heavy (non-hydrogen) atoms. The first-order chi connectivity index (χ1) is 10.3. The summed E-state index contributed by atoms with van der Waals surface area (Å²) in [7, 11) is 0. The Balaban J connectivity index is 1.83. The third-order valence-corrected chi connectivity index (χ3v) is 8.08. The van der Waals surface area contributed by atoms with Crippen molar-refractivity contribution in [2.45, 2.75) is 84.8 Å². The second-order valence-corrected chi connectivity index (χ2v) is 8.94. The highest BCUT2D eigenvalue weighted by atomic mass is 16.6. The van der Waals surface area contributed by atoms with Crippen LogP contribution >= 0.6 is 0 Å². The number of fused-ring (bicyclic) bond motifs is 3. The summed E-state index contributed by atoms with van der Waals surface area (Å²) >= 11 is 0. The average Bonchev–Trinajstić information content (AvgIpc) is 3.15. The van der Waals surface area contributed by atoms with E-state index in [0.29, 0.717) is 16.9 Å². The van der Waals surface area contributed by atoms with E-state index in [1.807, 2.05) is 6.08 Å². The lowest BCUT2D eigenvalue weighted by molar-refractivity contribution is -0.102. The Morgan fingerprint density at radius 1 is 1.23 bits per heavy atom. The standard InChI is InChI=1S/C20H34O2/c1-14(10-13-21)8-11-18(3)15(2)9-12-19(4)16(18)6-7-17-20(19,5)22-17/h10,15-17,21H,6-9,11-13H2,1-5H3/b14-10+/t15-,16-,17-,18+,19-,20-/m1/s1. The topological polar surface area (TPSA) is 32.8 Å². The lowest BCUT2D eigenvalue weighted by atomic mass is 9.44. The Morgan fingerprint density at radius 3 is 2.64 bits per heavy atom. The molecule has 1 heterocycles. The molecular formula is C20H34O2. The van der Waals surface area contributed by atoms with Gasteiger partial charge in [0.05, 0.1) is 18.3 Å². The molecule has 2 nitrogen and oxygen atoms in total. The first-order valence-corrected chi connectivity index (χ1v) is 9.22. The molecule has 126 valence electrons. The molecule has 0 radical (unpaired) electrons. The summed E-state index contributed by atoms with van der Waals surface area (Å²) in [6, 6.07) is 0. The monoisotopic (exact) mass is 306 g/mol. The maximum absolute atomic E-state index is 9.10. The minimum atomic E-state index is 0.146. The molecule has 3 aliphatic rings. The van der Waals surface area contributed by atoms with Crippen LogP contribution in [-0.2, 0) is 4.74 Å². The summed E-state index contributed by atoms with van der Waals surface area (Å²) in [5, 5.41) is 9.10. The van der Waals surface area contributed by atoms with Crippen LogP contribution in [0.15, 0.2) is 11.6 Å². The normalized spacial score (nSPS) is 51.2. The predicted molar refractivity (Wildman–Crippen MR) is 90.7 cm³/mol. The fourth-order valence-electron chi connectivity index (χ4n) is 5.90. The Kier molecular flexibility index (Phi) is 4.01. The van der Waals surface area contributed by atoms with Crippen molar-refractivity contribution in [1.29, 1.82) is 0 Å². The van der Waals surface area contributed by atoms with Crippen molar-refractivity contribution in [2.75, 3.05) is 6.61 Å². The van der Waals surface area contributed by atoms with Gasteiger partial charge in [-0.3, -0.25) is 0 Å². The number of ether oxygens (including phenoxy) is 1. The van der Waals surface area contributed by atoms with Gasteiger partial charge >= 0.3 is 0 Å². The highest BCUT2D eigenvalue weighted by Gasteiger charge is 2.71. The first kappa shape index (κ1) is 16.5. The summed E-state index contributed by atoms with van der Waals surface area (Å²) in [5.74, 6) is 1.56. The molecule has 0 amide bonds.